The number of benzene rings is 2. The first kappa shape index (κ1) is 16.3. The Kier molecular flexibility index (Phi) is 4.54. The van der Waals surface area contributed by atoms with Gasteiger partial charge >= 0.3 is 0 Å². The summed E-state index contributed by atoms with van der Waals surface area (Å²) in [6.45, 7) is 4.70. The SMILES string of the molecule is N#CC1(N2CCOCC2)CN(C(c2ccccc2)c2ccccc2)C1. The summed E-state index contributed by atoms with van der Waals surface area (Å²) in [4.78, 5) is 4.73. The molecule has 2 fully saturated rings. The van der Waals surface area contributed by atoms with Crippen molar-refractivity contribution in [1.29, 1.82) is 5.26 Å². The molecule has 0 amide bonds. The smallest absolute Gasteiger partial charge is 0.135 e. The Morgan fingerprint density at radius 1 is 0.880 bits per heavy atom. The molecule has 2 aromatic carbocycles. The Balaban J connectivity index is 1.59. The summed E-state index contributed by atoms with van der Waals surface area (Å²) in [5.41, 5.74) is 2.19. The van der Waals surface area contributed by atoms with Gasteiger partial charge in [-0.3, -0.25) is 9.80 Å². The van der Waals surface area contributed by atoms with Crippen LogP contribution in [-0.2, 0) is 4.74 Å². The van der Waals surface area contributed by atoms with Gasteiger partial charge in [-0.2, -0.15) is 5.26 Å². The minimum atomic E-state index is -0.369. The van der Waals surface area contributed by atoms with Crippen LogP contribution < -0.4 is 0 Å². The van der Waals surface area contributed by atoms with Crippen molar-refractivity contribution in [3.63, 3.8) is 0 Å². The van der Waals surface area contributed by atoms with Gasteiger partial charge in [-0.15, -0.1) is 0 Å². The normalized spacial score (nSPS) is 20.8. The van der Waals surface area contributed by atoms with Crippen LogP contribution in [0.1, 0.15) is 17.2 Å². The van der Waals surface area contributed by atoms with Crippen molar-refractivity contribution in [2.24, 2.45) is 0 Å². The van der Waals surface area contributed by atoms with Crippen LogP contribution in [0.4, 0.5) is 0 Å². The number of likely N-dealkylation sites (tertiary alicyclic amines) is 1. The number of nitrogens with zero attached hydrogens (tertiary/aromatic N) is 3. The predicted molar refractivity (Wildman–Crippen MR) is 97.0 cm³/mol. The van der Waals surface area contributed by atoms with E-state index in [-0.39, 0.29) is 11.6 Å². The summed E-state index contributed by atoms with van der Waals surface area (Å²) in [6, 6.07) is 24.0. The standard InChI is InChI=1S/C21H23N3O/c22-15-21(24-11-13-25-14-12-24)16-23(17-21)20(18-7-3-1-4-8-18)19-9-5-2-6-10-19/h1-10,20H,11-14,16-17H2. The van der Waals surface area contributed by atoms with Gasteiger partial charge in [0.2, 0.25) is 0 Å². The highest BCUT2D eigenvalue weighted by atomic mass is 16.5. The molecule has 0 aliphatic carbocycles. The van der Waals surface area contributed by atoms with Gasteiger partial charge in [0.05, 0.1) is 25.3 Å². The first-order valence-electron chi connectivity index (χ1n) is 8.90. The first-order chi connectivity index (χ1) is 12.3. The van der Waals surface area contributed by atoms with Gasteiger partial charge in [0.15, 0.2) is 0 Å². The molecular weight excluding hydrogens is 310 g/mol. The highest BCUT2D eigenvalue weighted by Gasteiger charge is 2.50. The summed E-state index contributed by atoms with van der Waals surface area (Å²) in [6.07, 6.45) is 0. The number of nitriles is 1. The maximum absolute atomic E-state index is 9.87. The molecule has 0 aromatic heterocycles. The number of hydrogen-bond acceptors (Lipinski definition) is 4. The molecule has 25 heavy (non-hydrogen) atoms. The predicted octanol–water partition coefficient (Wildman–Crippen LogP) is 2.69. The van der Waals surface area contributed by atoms with E-state index in [9.17, 15) is 5.26 Å². The van der Waals surface area contributed by atoms with E-state index in [0.29, 0.717) is 0 Å². The molecule has 0 radical (unpaired) electrons. The minimum Gasteiger partial charge on any atom is -0.379 e. The third-order valence-corrected chi connectivity index (χ3v) is 5.35. The van der Waals surface area contributed by atoms with Gasteiger partial charge < -0.3 is 4.74 Å². The Morgan fingerprint density at radius 2 is 1.40 bits per heavy atom. The van der Waals surface area contributed by atoms with Gasteiger partial charge in [-0.25, -0.2) is 0 Å². The summed E-state index contributed by atoms with van der Waals surface area (Å²) in [5, 5.41) is 9.87. The van der Waals surface area contributed by atoms with E-state index in [4.69, 9.17) is 4.74 Å². The molecule has 2 saturated heterocycles. The minimum absolute atomic E-state index is 0.199. The fourth-order valence-electron chi connectivity index (χ4n) is 4.03. The van der Waals surface area contributed by atoms with Gasteiger partial charge in [0.25, 0.3) is 0 Å². The first-order valence-corrected chi connectivity index (χ1v) is 8.90. The topological polar surface area (TPSA) is 39.5 Å². The monoisotopic (exact) mass is 333 g/mol. The lowest BCUT2D eigenvalue weighted by Gasteiger charge is -2.55. The third-order valence-electron chi connectivity index (χ3n) is 5.35. The van der Waals surface area contributed by atoms with Gasteiger partial charge in [0.1, 0.15) is 5.54 Å². The van der Waals surface area contributed by atoms with Crippen molar-refractivity contribution in [1.82, 2.24) is 9.80 Å². The summed E-state index contributed by atoms with van der Waals surface area (Å²) >= 11 is 0. The van der Waals surface area contributed by atoms with Crippen LogP contribution in [0, 0.1) is 11.3 Å². The van der Waals surface area contributed by atoms with Crippen LogP contribution in [0.2, 0.25) is 0 Å². The molecular formula is C21H23N3O. The second-order valence-electron chi connectivity index (χ2n) is 6.87. The average Bonchev–Trinajstić information content (AvgIpc) is 2.66. The van der Waals surface area contributed by atoms with Gasteiger partial charge in [-0.05, 0) is 11.1 Å². The lowest BCUT2D eigenvalue weighted by Crippen LogP contribution is -2.71. The Bertz CT molecular complexity index is 689. The average molecular weight is 333 g/mol. The van der Waals surface area contributed by atoms with Crippen molar-refractivity contribution < 1.29 is 4.74 Å². The van der Waals surface area contributed by atoms with E-state index in [2.05, 4.69) is 76.5 Å². The molecule has 4 nitrogen and oxygen atoms in total. The second kappa shape index (κ2) is 6.97. The number of ether oxygens (including phenoxy) is 1. The molecule has 128 valence electrons. The van der Waals surface area contributed by atoms with Crippen LogP contribution >= 0.6 is 0 Å². The Labute approximate surface area is 149 Å². The molecule has 2 aromatic rings. The fourth-order valence-corrected chi connectivity index (χ4v) is 4.03. The molecule has 4 rings (SSSR count). The van der Waals surface area contributed by atoms with E-state index in [1.165, 1.54) is 11.1 Å². The number of hydrogen-bond donors (Lipinski definition) is 0. The molecule has 2 aliphatic rings. The zero-order valence-electron chi connectivity index (χ0n) is 14.3. The van der Waals surface area contributed by atoms with Crippen molar-refractivity contribution in [3.8, 4) is 6.07 Å². The fraction of sp³-hybridized carbons (Fsp3) is 0.381. The number of rotatable bonds is 4. The van der Waals surface area contributed by atoms with E-state index in [1.807, 2.05) is 0 Å². The third kappa shape index (κ3) is 3.07. The lowest BCUT2D eigenvalue weighted by atomic mass is 9.84. The van der Waals surface area contributed by atoms with Crippen molar-refractivity contribution in [2.75, 3.05) is 39.4 Å². The molecule has 0 atom stereocenters. The molecule has 0 unspecified atom stereocenters. The Morgan fingerprint density at radius 3 is 1.88 bits per heavy atom. The zero-order valence-corrected chi connectivity index (χ0v) is 14.3. The Hall–Kier alpha value is -2.19. The largest absolute Gasteiger partial charge is 0.379 e. The molecule has 4 heteroatoms. The lowest BCUT2D eigenvalue weighted by molar-refractivity contribution is -0.0755. The summed E-state index contributed by atoms with van der Waals surface area (Å²) in [7, 11) is 0. The van der Waals surface area contributed by atoms with E-state index >= 15 is 0 Å². The maximum atomic E-state index is 9.87. The molecule has 0 spiro atoms. The highest BCUT2D eigenvalue weighted by molar-refractivity contribution is 5.34. The van der Waals surface area contributed by atoms with Crippen LogP contribution in [-0.4, -0.2) is 54.7 Å². The van der Waals surface area contributed by atoms with Crippen LogP contribution in [0.5, 0.6) is 0 Å². The maximum Gasteiger partial charge on any atom is 0.135 e. The van der Waals surface area contributed by atoms with Crippen LogP contribution in [0.3, 0.4) is 0 Å². The summed E-state index contributed by atoms with van der Waals surface area (Å²) < 4.78 is 5.46. The van der Waals surface area contributed by atoms with E-state index in [0.717, 1.165) is 39.4 Å². The van der Waals surface area contributed by atoms with Crippen LogP contribution in [0.15, 0.2) is 60.7 Å². The van der Waals surface area contributed by atoms with E-state index < -0.39 is 0 Å². The van der Waals surface area contributed by atoms with Gasteiger partial charge in [-0.1, -0.05) is 60.7 Å². The van der Waals surface area contributed by atoms with Crippen molar-refractivity contribution in [2.45, 2.75) is 11.6 Å². The van der Waals surface area contributed by atoms with E-state index in [1.54, 1.807) is 0 Å². The molecule has 0 bridgehead atoms. The molecule has 2 heterocycles. The summed E-state index contributed by atoms with van der Waals surface area (Å²) in [5.74, 6) is 0. The molecule has 0 saturated carbocycles. The quantitative estimate of drug-likeness (QED) is 0.862. The van der Waals surface area contributed by atoms with Crippen LogP contribution in [0.25, 0.3) is 0 Å². The zero-order chi connectivity index (χ0) is 17.1. The van der Waals surface area contributed by atoms with Gasteiger partial charge in [0, 0.05) is 26.2 Å². The second-order valence-corrected chi connectivity index (χ2v) is 6.87. The van der Waals surface area contributed by atoms with Crippen molar-refractivity contribution in [3.05, 3.63) is 71.8 Å². The highest BCUT2D eigenvalue weighted by Crippen LogP contribution is 2.38. The molecule has 2 aliphatic heterocycles. The van der Waals surface area contributed by atoms with Crippen molar-refractivity contribution >= 4 is 0 Å². The number of morpholine rings is 1. The molecule has 0 N–H and O–H groups in total.